The quantitative estimate of drug-likeness (QED) is 0.443. The minimum Gasteiger partial charge on any atom is -1.00 e. The number of carbonyl (C=O) groups is 1. The van der Waals surface area contributed by atoms with Crippen LogP contribution in [0.4, 0.5) is 0 Å². The van der Waals surface area contributed by atoms with Gasteiger partial charge in [-0.2, -0.15) is 0 Å². The first-order valence-corrected chi connectivity index (χ1v) is 6.67. The molecular weight excluding hydrogens is 238 g/mol. The molecule has 0 aliphatic carbocycles. The van der Waals surface area contributed by atoms with Gasteiger partial charge in [0.05, 0.1) is 26.2 Å². The van der Waals surface area contributed by atoms with Crippen molar-refractivity contribution in [1.82, 2.24) is 0 Å². The van der Waals surface area contributed by atoms with Gasteiger partial charge in [-0.3, -0.25) is 4.79 Å². The maximum Gasteiger partial charge on any atom is 0.303 e. The van der Waals surface area contributed by atoms with Gasteiger partial charge in [0.2, 0.25) is 0 Å². The molecule has 0 bridgehead atoms. The molecule has 0 saturated carbocycles. The van der Waals surface area contributed by atoms with Crippen LogP contribution >= 0.6 is 0 Å². The first-order valence-electron chi connectivity index (χ1n) is 6.67. The van der Waals surface area contributed by atoms with Crippen LogP contribution in [0, 0.1) is 0 Å². The van der Waals surface area contributed by atoms with Crippen molar-refractivity contribution in [2.24, 2.45) is 0 Å². The Hall–Kier alpha value is -0.280. The molecular formula is C13H28ClNO2. The number of hydrogen-bond donors (Lipinski definition) is 1. The standard InChI is InChI=1S/C13H27NO2.ClH/c1-4-14(5-2,6-3)12-10-8-7-9-11-13(15)16;/h4-12H2,1-3H3;1H. The van der Waals surface area contributed by atoms with Gasteiger partial charge in [0, 0.05) is 6.42 Å². The van der Waals surface area contributed by atoms with Crippen molar-refractivity contribution in [2.75, 3.05) is 26.2 Å². The van der Waals surface area contributed by atoms with E-state index in [1.165, 1.54) is 43.5 Å². The monoisotopic (exact) mass is 265 g/mol. The summed E-state index contributed by atoms with van der Waals surface area (Å²) >= 11 is 0. The number of carboxylic acid groups (broad SMARTS) is 1. The highest BCUT2D eigenvalue weighted by molar-refractivity contribution is 5.66. The largest absolute Gasteiger partial charge is 1.00 e. The van der Waals surface area contributed by atoms with E-state index in [0.29, 0.717) is 6.42 Å². The van der Waals surface area contributed by atoms with E-state index in [2.05, 4.69) is 20.8 Å². The molecule has 0 saturated heterocycles. The zero-order valence-electron chi connectivity index (χ0n) is 11.5. The molecule has 17 heavy (non-hydrogen) atoms. The number of nitrogens with zero attached hydrogens (tertiary/aromatic N) is 1. The topological polar surface area (TPSA) is 37.3 Å². The minimum atomic E-state index is -0.666. The molecule has 0 spiro atoms. The zero-order valence-corrected chi connectivity index (χ0v) is 12.3. The molecule has 0 aliphatic heterocycles. The Balaban J connectivity index is 0. The van der Waals surface area contributed by atoms with Gasteiger partial charge in [0.1, 0.15) is 0 Å². The molecule has 0 heterocycles. The highest BCUT2D eigenvalue weighted by atomic mass is 35.5. The van der Waals surface area contributed by atoms with Crippen LogP contribution in [0.1, 0.15) is 52.9 Å². The molecule has 4 heteroatoms. The third kappa shape index (κ3) is 8.44. The number of quaternary nitrogens is 1. The van der Waals surface area contributed by atoms with Crippen molar-refractivity contribution < 1.29 is 26.8 Å². The minimum absolute atomic E-state index is 0. The second kappa shape index (κ2) is 10.8. The van der Waals surface area contributed by atoms with Crippen LogP contribution in [-0.2, 0) is 4.79 Å². The summed E-state index contributed by atoms with van der Waals surface area (Å²) in [5.74, 6) is -0.666. The maximum atomic E-state index is 10.3. The SMILES string of the molecule is CC[N+](CC)(CC)CCCCCCC(=O)O.[Cl-]. The van der Waals surface area contributed by atoms with E-state index in [-0.39, 0.29) is 12.4 Å². The first kappa shape index (κ1) is 19.1. The molecule has 1 N–H and O–H groups in total. The summed E-state index contributed by atoms with van der Waals surface area (Å²) in [6, 6.07) is 0. The fraction of sp³-hybridized carbons (Fsp3) is 0.923. The van der Waals surface area contributed by atoms with Gasteiger partial charge >= 0.3 is 5.97 Å². The van der Waals surface area contributed by atoms with Crippen LogP contribution in [0.5, 0.6) is 0 Å². The van der Waals surface area contributed by atoms with E-state index >= 15 is 0 Å². The summed E-state index contributed by atoms with van der Waals surface area (Å²) in [4.78, 5) is 10.3. The smallest absolute Gasteiger partial charge is 0.303 e. The van der Waals surface area contributed by atoms with Crippen LogP contribution in [0.3, 0.4) is 0 Å². The molecule has 104 valence electrons. The van der Waals surface area contributed by atoms with E-state index in [4.69, 9.17) is 5.11 Å². The van der Waals surface area contributed by atoms with Gasteiger partial charge < -0.3 is 22.0 Å². The van der Waals surface area contributed by atoms with Crippen molar-refractivity contribution in [3.8, 4) is 0 Å². The Kier molecular flexibility index (Phi) is 12.2. The molecule has 0 amide bonds. The summed E-state index contributed by atoms with van der Waals surface area (Å²) < 4.78 is 1.21. The Morgan fingerprint density at radius 1 is 0.941 bits per heavy atom. The molecule has 0 unspecified atom stereocenters. The van der Waals surface area contributed by atoms with Gasteiger partial charge in [-0.15, -0.1) is 0 Å². The Labute approximate surface area is 112 Å². The van der Waals surface area contributed by atoms with E-state index < -0.39 is 5.97 Å². The average molecular weight is 266 g/mol. The first-order chi connectivity index (χ1) is 7.60. The Bertz CT molecular complexity index is 186. The molecule has 3 nitrogen and oxygen atoms in total. The van der Waals surface area contributed by atoms with E-state index in [1.807, 2.05) is 0 Å². The van der Waals surface area contributed by atoms with Crippen LogP contribution in [0.25, 0.3) is 0 Å². The molecule has 0 radical (unpaired) electrons. The van der Waals surface area contributed by atoms with Gasteiger partial charge in [0.15, 0.2) is 0 Å². The lowest BCUT2D eigenvalue weighted by Crippen LogP contribution is -3.00. The summed E-state index contributed by atoms with van der Waals surface area (Å²) in [5.41, 5.74) is 0. The molecule has 0 rings (SSSR count). The molecule has 0 aromatic carbocycles. The van der Waals surface area contributed by atoms with E-state index in [0.717, 1.165) is 12.8 Å². The molecule has 0 atom stereocenters. The number of rotatable bonds is 10. The second-order valence-electron chi connectivity index (χ2n) is 4.57. The summed E-state index contributed by atoms with van der Waals surface area (Å²) in [6.45, 7) is 11.7. The third-order valence-electron chi connectivity index (χ3n) is 3.79. The lowest BCUT2D eigenvalue weighted by molar-refractivity contribution is -0.923. The lowest BCUT2D eigenvalue weighted by Gasteiger charge is -2.35. The van der Waals surface area contributed by atoms with Crippen LogP contribution in [0.2, 0.25) is 0 Å². The normalized spacial score (nSPS) is 11.0. The van der Waals surface area contributed by atoms with Crippen molar-refractivity contribution >= 4 is 5.97 Å². The molecule has 0 aromatic rings. The molecule has 0 aromatic heterocycles. The maximum absolute atomic E-state index is 10.3. The average Bonchev–Trinajstić information content (AvgIpc) is 2.29. The summed E-state index contributed by atoms with van der Waals surface area (Å²) in [5, 5.41) is 8.51. The van der Waals surface area contributed by atoms with E-state index in [9.17, 15) is 4.79 Å². The van der Waals surface area contributed by atoms with Crippen molar-refractivity contribution in [1.29, 1.82) is 0 Å². The van der Waals surface area contributed by atoms with Crippen molar-refractivity contribution in [3.05, 3.63) is 0 Å². The highest BCUT2D eigenvalue weighted by Gasteiger charge is 2.19. The van der Waals surface area contributed by atoms with Crippen LogP contribution in [-0.4, -0.2) is 41.7 Å². The zero-order chi connectivity index (χ0) is 12.4. The molecule has 0 fully saturated rings. The number of hydrogen-bond acceptors (Lipinski definition) is 1. The fourth-order valence-electron chi connectivity index (χ4n) is 2.22. The molecule has 0 aliphatic rings. The Morgan fingerprint density at radius 2 is 1.41 bits per heavy atom. The summed E-state index contributed by atoms with van der Waals surface area (Å²) in [6.07, 6.45) is 4.63. The van der Waals surface area contributed by atoms with Gasteiger partial charge in [-0.05, 0) is 40.0 Å². The van der Waals surface area contributed by atoms with E-state index in [1.54, 1.807) is 0 Å². The second-order valence-corrected chi connectivity index (χ2v) is 4.57. The Morgan fingerprint density at radius 3 is 1.82 bits per heavy atom. The van der Waals surface area contributed by atoms with Crippen LogP contribution < -0.4 is 12.4 Å². The number of halogens is 1. The summed E-state index contributed by atoms with van der Waals surface area (Å²) in [7, 11) is 0. The lowest BCUT2D eigenvalue weighted by atomic mass is 10.1. The number of carboxylic acids is 1. The highest BCUT2D eigenvalue weighted by Crippen LogP contribution is 2.11. The predicted octanol–water partition coefficient (Wildman–Crippen LogP) is -0.0980. The van der Waals surface area contributed by atoms with Gasteiger partial charge in [-0.25, -0.2) is 0 Å². The van der Waals surface area contributed by atoms with Gasteiger partial charge in [0.25, 0.3) is 0 Å². The van der Waals surface area contributed by atoms with Crippen molar-refractivity contribution in [3.63, 3.8) is 0 Å². The third-order valence-corrected chi connectivity index (χ3v) is 3.79. The predicted molar refractivity (Wildman–Crippen MR) is 67.5 cm³/mol. The fourth-order valence-corrected chi connectivity index (χ4v) is 2.22. The van der Waals surface area contributed by atoms with Crippen molar-refractivity contribution in [2.45, 2.75) is 52.9 Å². The van der Waals surface area contributed by atoms with Crippen LogP contribution in [0.15, 0.2) is 0 Å². The van der Waals surface area contributed by atoms with Gasteiger partial charge in [-0.1, -0.05) is 6.42 Å². The number of unbranched alkanes of at least 4 members (excludes halogenated alkanes) is 3. The number of aliphatic carboxylic acids is 1.